The van der Waals surface area contributed by atoms with Crippen LogP contribution >= 0.6 is 56.9 Å². The van der Waals surface area contributed by atoms with Crippen LogP contribution in [0.5, 0.6) is 11.5 Å². The van der Waals surface area contributed by atoms with Crippen molar-refractivity contribution in [1.29, 1.82) is 0 Å². The Balaban J connectivity index is 1.41. The molecule has 5 nitrogen and oxygen atoms in total. The van der Waals surface area contributed by atoms with Gasteiger partial charge in [0.15, 0.2) is 16.7 Å². The first-order chi connectivity index (χ1) is 19.0. The first-order valence-electron chi connectivity index (χ1n) is 14.2. The number of rotatable bonds is 8. The zero-order valence-corrected chi connectivity index (χ0v) is 27.6. The van der Waals surface area contributed by atoms with Crippen LogP contribution in [0.25, 0.3) is 6.08 Å². The van der Waals surface area contributed by atoms with E-state index in [0.717, 1.165) is 56.2 Å². The molecule has 2 saturated carbocycles. The van der Waals surface area contributed by atoms with Gasteiger partial charge in [-0.3, -0.25) is 14.7 Å². The van der Waals surface area contributed by atoms with E-state index < -0.39 is 0 Å². The highest BCUT2D eigenvalue weighted by atomic mass is 127. The largest absolute Gasteiger partial charge is 0.490 e. The summed E-state index contributed by atoms with van der Waals surface area (Å²) in [7, 11) is 0. The van der Waals surface area contributed by atoms with Crippen LogP contribution in [-0.2, 0) is 11.4 Å². The van der Waals surface area contributed by atoms with Crippen molar-refractivity contribution in [2.45, 2.75) is 89.8 Å². The summed E-state index contributed by atoms with van der Waals surface area (Å²) in [6.07, 6.45) is 13.8. The Morgan fingerprint density at radius 2 is 1.67 bits per heavy atom. The zero-order valence-electron chi connectivity index (χ0n) is 22.5. The van der Waals surface area contributed by atoms with Crippen molar-refractivity contribution in [3.05, 3.63) is 59.6 Å². The molecular weight excluding hydrogens is 734 g/mol. The average Bonchev–Trinajstić information content (AvgIpc) is 3.24. The van der Waals surface area contributed by atoms with Gasteiger partial charge in [0, 0.05) is 9.61 Å². The molecule has 1 heterocycles. The number of thioether (sulfide) groups is 1. The van der Waals surface area contributed by atoms with Crippen LogP contribution in [0.4, 0.5) is 0 Å². The fourth-order valence-corrected chi connectivity index (χ4v) is 7.82. The third-order valence-electron chi connectivity index (χ3n) is 7.57. The lowest BCUT2D eigenvalue weighted by Gasteiger charge is -2.31. The molecule has 0 N–H and O–H groups in total. The molecule has 0 unspecified atom stereocenters. The molecule has 3 aliphatic rings. The Bertz CT molecular complexity index is 1220. The number of hydrogen-bond donors (Lipinski definition) is 0. The van der Waals surface area contributed by atoms with E-state index in [0.29, 0.717) is 25.0 Å². The quantitative estimate of drug-likeness (QED) is 0.199. The van der Waals surface area contributed by atoms with E-state index in [2.05, 4.69) is 75.5 Å². The second-order valence-electron chi connectivity index (χ2n) is 10.5. The molecule has 39 heavy (non-hydrogen) atoms. The maximum atomic E-state index is 13.8. The Morgan fingerprint density at radius 3 is 2.36 bits per heavy atom. The van der Waals surface area contributed by atoms with Gasteiger partial charge in [0.25, 0.3) is 5.91 Å². The van der Waals surface area contributed by atoms with Crippen LogP contribution in [0.1, 0.15) is 82.3 Å². The predicted molar refractivity (Wildman–Crippen MR) is 177 cm³/mol. The van der Waals surface area contributed by atoms with Crippen molar-refractivity contribution in [2.75, 3.05) is 6.61 Å². The SMILES string of the molecule is CCOc1cc(C=C2SC(=NC3CCCCC3)N(C3CCCCC3)C2=O)cc(I)c1OCc1ccc(I)cc1. The second kappa shape index (κ2) is 14.1. The molecule has 3 fully saturated rings. The Labute approximate surface area is 263 Å². The van der Waals surface area contributed by atoms with Crippen LogP contribution in [-0.4, -0.2) is 34.7 Å². The molecule has 1 aliphatic heterocycles. The second-order valence-corrected chi connectivity index (χ2v) is 13.9. The molecule has 2 aromatic carbocycles. The van der Waals surface area contributed by atoms with Gasteiger partial charge in [0.2, 0.25) is 0 Å². The zero-order chi connectivity index (χ0) is 27.2. The van der Waals surface area contributed by atoms with Crippen molar-refractivity contribution in [2.24, 2.45) is 4.99 Å². The van der Waals surface area contributed by atoms with E-state index in [9.17, 15) is 4.79 Å². The summed E-state index contributed by atoms with van der Waals surface area (Å²) >= 11 is 6.18. The highest BCUT2D eigenvalue weighted by Gasteiger charge is 2.39. The third kappa shape index (κ3) is 7.52. The molecule has 0 atom stereocenters. The smallest absolute Gasteiger partial charge is 0.266 e. The van der Waals surface area contributed by atoms with Crippen molar-refractivity contribution in [1.82, 2.24) is 4.90 Å². The highest BCUT2D eigenvalue weighted by molar-refractivity contribution is 14.1. The molecule has 1 amide bonds. The van der Waals surface area contributed by atoms with Crippen LogP contribution < -0.4 is 9.47 Å². The first-order valence-corrected chi connectivity index (χ1v) is 17.1. The monoisotopic (exact) mass is 770 g/mol. The van der Waals surface area contributed by atoms with E-state index >= 15 is 0 Å². The highest BCUT2D eigenvalue weighted by Crippen LogP contribution is 2.40. The van der Waals surface area contributed by atoms with E-state index in [-0.39, 0.29) is 11.9 Å². The van der Waals surface area contributed by atoms with Crippen molar-refractivity contribution >= 4 is 74.1 Å². The van der Waals surface area contributed by atoms with Gasteiger partial charge in [0.1, 0.15) is 6.61 Å². The summed E-state index contributed by atoms with van der Waals surface area (Å²) < 4.78 is 14.4. The van der Waals surface area contributed by atoms with Crippen molar-refractivity contribution in [3.8, 4) is 11.5 Å². The minimum atomic E-state index is 0.105. The number of benzene rings is 2. The number of nitrogens with zero attached hydrogens (tertiary/aromatic N) is 2. The Hall–Kier alpha value is -1.27. The van der Waals surface area contributed by atoms with E-state index in [1.165, 1.54) is 42.1 Å². The lowest BCUT2D eigenvalue weighted by Crippen LogP contribution is -2.41. The topological polar surface area (TPSA) is 51.1 Å². The molecule has 2 aromatic rings. The summed E-state index contributed by atoms with van der Waals surface area (Å²) in [5.74, 6) is 1.55. The number of halogens is 2. The molecule has 208 valence electrons. The minimum Gasteiger partial charge on any atom is -0.490 e. The van der Waals surface area contributed by atoms with Crippen LogP contribution in [0.2, 0.25) is 0 Å². The van der Waals surface area contributed by atoms with Gasteiger partial charge < -0.3 is 9.47 Å². The summed E-state index contributed by atoms with van der Waals surface area (Å²) in [4.78, 5) is 21.8. The lowest BCUT2D eigenvalue weighted by atomic mass is 9.94. The fraction of sp³-hybridized carbons (Fsp3) is 0.484. The van der Waals surface area contributed by atoms with E-state index in [4.69, 9.17) is 14.5 Å². The normalized spacial score (nSPS) is 21.2. The molecule has 0 radical (unpaired) electrons. The number of carbonyl (C=O) groups is 1. The van der Waals surface area contributed by atoms with Gasteiger partial charge in [-0.2, -0.15) is 0 Å². The maximum Gasteiger partial charge on any atom is 0.266 e. The van der Waals surface area contributed by atoms with E-state index in [1.54, 1.807) is 11.8 Å². The summed E-state index contributed by atoms with van der Waals surface area (Å²) in [5.41, 5.74) is 2.06. The van der Waals surface area contributed by atoms with Gasteiger partial charge in [-0.15, -0.1) is 0 Å². The first kappa shape index (κ1) is 29.2. The average molecular weight is 771 g/mol. The standard InChI is InChI=1S/C31H36I2N2O3S/c1-2-37-27-18-22(17-26(33)29(27)38-20-21-13-15-23(32)16-14-21)19-28-30(36)35(25-11-7-4-8-12-25)31(39-28)34-24-9-5-3-6-10-24/h13-19,24-25H,2-12,20H2,1H3. The van der Waals surface area contributed by atoms with Gasteiger partial charge in [-0.25, -0.2) is 0 Å². The number of amides is 1. The summed E-state index contributed by atoms with van der Waals surface area (Å²) in [6, 6.07) is 13.0. The van der Waals surface area contributed by atoms with Crippen molar-refractivity contribution in [3.63, 3.8) is 0 Å². The fourth-order valence-electron chi connectivity index (χ4n) is 5.57. The molecular formula is C31H36I2N2O3S. The Kier molecular flexibility index (Phi) is 10.5. The number of hydrogen-bond acceptors (Lipinski definition) is 5. The molecule has 0 spiro atoms. The molecule has 1 saturated heterocycles. The van der Waals surface area contributed by atoms with Gasteiger partial charge in [-0.05, 0) is 131 Å². The number of amidine groups is 1. The van der Waals surface area contributed by atoms with Gasteiger partial charge in [-0.1, -0.05) is 50.7 Å². The van der Waals surface area contributed by atoms with Crippen LogP contribution in [0.3, 0.4) is 0 Å². The number of carbonyl (C=O) groups excluding carboxylic acids is 1. The predicted octanol–water partition coefficient (Wildman–Crippen LogP) is 8.81. The van der Waals surface area contributed by atoms with Crippen molar-refractivity contribution < 1.29 is 14.3 Å². The maximum absolute atomic E-state index is 13.8. The third-order valence-corrected chi connectivity index (χ3v) is 10.1. The number of aliphatic imine (C=N–C) groups is 1. The minimum absolute atomic E-state index is 0.105. The van der Waals surface area contributed by atoms with Gasteiger partial charge >= 0.3 is 0 Å². The number of ether oxygens (including phenoxy) is 2. The molecule has 2 aliphatic carbocycles. The lowest BCUT2D eigenvalue weighted by molar-refractivity contribution is -0.124. The van der Waals surface area contributed by atoms with Gasteiger partial charge in [0.05, 0.1) is 21.1 Å². The summed E-state index contributed by atoms with van der Waals surface area (Å²) in [5, 5.41) is 0.919. The molecule has 0 aromatic heterocycles. The molecule has 8 heteroatoms. The van der Waals surface area contributed by atoms with E-state index in [1.807, 2.05) is 24.0 Å². The summed E-state index contributed by atoms with van der Waals surface area (Å²) in [6.45, 7) is 2.99. The van der Waals surface area contributed by atoms with Crippen LogP contribution in [0.15, 0.2) is 46.3 Å². The Morgan fingerprint density at radius 1 is 0.974 bits per heavy atom. The molecule has 5 rings (SSSR count). The van der Waals surface area contributed by atoms with Crippen LogP contribution in [0, 0.1) is 7.14 Å². The molecule has 0 bridgehead atoms.